The SMILES string of the molecule is O=C(O)CCN(CCN(CCN(CC(=O)O)CC(COCc1ccccc1)C(=O)O)CC(=O)O)CC(=O)O. The Morgan fingerprint density at radius 2 is 1.13 bits per heavy atom. The van der Waals surface area contributed by atoms with Gasteiger partial charge in [0.25, 0.3) is 0 Å². The quantitative estimate of drug-likeness (QED) is 0.126. The summed E-state index contributed by atoms with van der Waals surface area (Å²) in [5.74, 6) is -6.82. The standard InChI is InChI=1S/C24H35N3O11/c28-20(29)6-7-25(13-21(30)31)8-9-26(14-22(32)33)10-11-27(15-23(34)35)12-19(24(36)37)17-38-16-18-4-2-1-3-5-18/h1-5,19H,6-17H2,(H,28,29)(H,30,31)(H,32,33)(H,34,35)(H,36,37). The molecule has 14 heteroatoms. The van der Waals surface area contributed by atoms with E-state index in [9.17, 15) is 39.3 Å². The third-order valence-electron chi connectivity index (χ3n) is 5.44. The van der Waals surface area contributed by atoms with Gasteiger partial charge in [-0.05, 0) is 5.56 Å². The summed E-state index contributed by atoms with van der Waals surface area (Å²) in [6.45, 7) is -1.29. The number of rotatable bonds is 22. The average Bonchev–Trinajstić information content (AvgIpc) is 2.82. The maximum atomic E-state index is 11.8. The minimum Gasteiger partial charge on any atom is -0.481 e. The fourth-order valence-corrected chi connectivity index (χ4v) is 3.58. The first kappa shape index (κ1) is 32.4. The molecule has 0 aliphatic carbocycles. The Morgan fingerprint density at radius 3 is 1.61 bits per heavy atom. The first-order valence-corrected chi connectivity index (χ1v) is 11.8. The molecule has 1 unspecified atom stereocenters. The van der Waals surface area contributed by atoms with Crippen LogP contribution in [0.5, 0.6) is 0 Å². The Balaban J connectivity index is 2.78. The maximum Gasteiger partial charge on any atom is 0.317 e. The molecule has 0 aromatic heterocycles. The van der Waals surface area contributed by atoms with Crippen molar-refractivity contribution in [3.8, 4) is 0 Å². The van der Waals surface area contributed by atoms with E-state index in [1.165, 1.54) is 14.7 Å². The lowest BCUT2D eigenvalue weighted by atomic mass is 10.1. The summed E-state index contributed by atoms with van der Waals surface area (Å²) in [5.41, 5.74) is 0.851. The predicted octanol–water partition coefficient (Wildman–Crippen LogP) is -0.461. The normalized spacial score (nSPS) is 12.1. The van der Waals surface area contributed by atoms with Gasteiger partial charge in [-0.25, -0.2) is 0 Å². The van der Waals surface area contributed by atoms with Crippen LogP contribution in [0.4, 0.5) is 0 Å². The molecule has 0 amide bonds. The van der Waals surface area contributed by atoms with E-state index in [4.69, 9.17) is 14.9 Å². The Bertz CT molecular complexity index is 913. The number of carbonyl (C=O) groups is 5. The third kappa shape index (κ3) is 15.5. The van der Waals surface area contributed by atoms with E-state index >= 15 is 0 Å². The van der Waals surface area contributed by atoms with Gasteiger partial charge in [-0.15, -0.1) is 0 Å². The summed E-state index contributed by atoms with van der Waals surface area (Å²) < 4.78 is 5.53. The molecule has 0 heterocycles. The van der Waals surface area contributed by atoms with Gasteiger partial charge in [0.05, 0.1) is 45.2 Å². The van der Waals surface area contributed by atoms with Gasteiger partial charge in [0.2, 0.25) is 0 Å². The van der Waals surface area contributed by atoms with Crippen LogP contribution in [-0.2, 0) is 35.3 Å². The fraction of sp³-hybridized carbons (Fsp3) is 0.542. The van der Waals surface area contributed by atoms with Crippen molar-refractivity contribution in [3.63, 3.8) is 0 Å². The molecule has 5 N–H and O–H groups in total. The minimum absolute atomic E-state index is 0.0239. The molecule has 0 aliphatic rings. The van der Waals surface area contributed by atoms with Crippen molar-refractivity contribution < 1.29 is 54.2 Å². The highest BCUT2D eigenvalue weighted by molar-refractivity contribution is 5.71. The lowest BCUT2D eigenvalue weighted by Gasteiger charge is -2.29. The molecule has 0 saturated carbocycles. The van der Waals surface area contributed by atoms with Crippen LogP contribution in [0.3, 0.4) is 0 Å². The van der Waals surface area contributed by atoms with Gasteiger partial charge in [-0.2, -0.15) is 0 Å². The highest BCUT2D eigenvalue weighted by Crippen LogP contribution is 2.07. The summed E-state index contributed by atoms with van der Waals surface area (Å²) in [7, 11) is 0. The van der Waals surface area contributed by atoms with Crippen molar-refractivity contribution in [1.29, 1.82) is 0 Å². The Labute approximate surface area is 219 Å². The summed E-state index contributed by atoms with van der Waals surface area (Å²) in [5, 5.41) is 46.1. The van der Waals surface area contributed by atoms with Gasteiger partial charge in [0.15, 0.2) is 0 Å². The van der Waals surface area contributed by atoms with E-state index in [1.807, 2.05) is 30.3 Å². The monoisotopic (exact) mass is 541 g/mol. The maximum absolute atomic E-state index is 11.8. The molecule has 1 aromatic rings. The van der Waals surface area contributed by atoms with Crippen molar-refractivity contribution in [3.05, 3.63) is 35.9 Å². The number of hydrogen-bond donors (Lipinski definition) is 5. The van der Waals surface area contributed by atoms with Crippen LogP contribution >= 0.6 is 0 Å². The van der Waals surface area contributed by atoms with Gasteiger partial charge >= 0.3 is 29.8 Å². The van der Waals surface area contributed by atoms with E-state index in [2.05, 4.69) is 0 Å². The van der Waals surface area contributed by atoms with E-state index < -0.39 is 55.4 Å². The number of aliphatic carboxylic acids is 5. The van der Waals surface area contributed by atoms with E-state index in [0.717, 1.165) is 5.56 Å². The number of carboxylic acids is 5. The molecule has 14 nitrogen and oxygen atoms in total. The van der Waals surface area contributed by atoms with E-state index in [1.54, 1.807) is 0 Å². The topological polar surface area (TPSA) is 205 Å². The fourth-order valence-electron chi connectivity index (χ4n) is 3.58. The lowest BCUT2D eigenvalue weighted by Crippen LogP contribution is -2.45. The molecule has 38 heavy (non-hydrogen) atoms. The molecule has 0 bridgehead atoms. The van der Waals surface area contributed by atoms with Crippen LogP contribution in [0.2, 0.25) is 0 Å². The summed E-state index contributed by atoms with van der Waals surface area (Å²) in [4.78, 5) is 60.6. The molecule has 0 radical (unpaired) electrons. The van der Waals surface area contributed by atoms with Gasteiger partial charge in [0.1, 0.15) is 0 Å². The van der Waals surface area contributed by atoms with Gasteiger partial charge in [0, 0.05) is 39.3 Å². The van der Waals surface area contributed by atoms with Crippen LogP contribution in [0.25, 0.3) is 0 Å². The first-order valence-electron chi connectivity index (χ1n) is 11.8. The van der Waals surface area contributed by atoms with Crippen molar-refractivity contribution in [2.45, 2.75) is 13.0 Å². The summed E-state index contributed by atoms with van der Waals surface area (Å²) in [6, 6.07) is 9.11. The van der Waals surface area contributed by atoms with Gasteiger partial charge < -0.3 is 30.3 Å². The number of ether oxygens (including phenoxy) is 1. The van der Waals surface area contributed by atoms with Crippen molar-refractivity contribution in [1.82, 2.24) is 14.7 Å². The molecule has 1 aromatic carbocycles. The average molecular weight is 542 g/mol. The second-order valence-electron chi connectivity index (χ2n) is 8.65. The minimum atomic E-state index is -1.19. The van der Waals surface area contributed by atoms with Crippen molar-refractivity contribution >= 4 is 29.8 Å². The summed E-state index contributed by atoms with van der Waals surface area (Å²) >= 11 is 0. The number of nitrogens with zero attached hydrogens (tertiary/aromatic N) is 3. The van der Waals surface area contributed by atoms with Crippen LogP contribution in [-0.4, -0.2) is 136 Å². The van der Waals surface area contributed by atoms with Crippen molar-refractivity contribution in [2.75, 3.05) is 65.5 Å². The Morgan fingerprint density at radius 1 is 0.658 bits per heavy atom. The number of hydrogen-bond acceptors (Lipinski definition) is 9. The zero-order valence-electron chi connectivity index (χ0n) is 21.0. The molecule has 212 valence electrons. The third-order valence-corrected chi connectivity index (χ3v) is 5.44. The van der Waals surface area contributed by atoms with Crippen LogP contribution in [0.1, 0.15) is 12.0 Å². The highest BCUT2D eigenvalue weighted by Gasteiger charge is 2.24. The molecule has 0 fully saturated rings. The molecule has 0 saturated heterocycles. The largest absolute Gasteiger partial charge is 0.481 e. The van der Waals surface area contributed by atoms with Crippen molar-refractivity contribution in [2.24, 2.45) is 5.92 Å². The second kappa shape index (κ2) is 17.8. The summed E-state index contributed by atoms with van der Waals surface area (Å²) in [6.07, 6.45) is -0.290. The second-order valence-corrected chi connectivity index (χ2v) is 8.65. The van der Waals surface area contributed by atoms with Gasteiger partial charge in [-0.3, -0.25) is 38.7 Å². The van der Waals surface area contributed by atoms with Crippen LogP contribution < -0.4 is 0 Å². The predicted molar refractivity (Wildman–Crippen MR) is 132 cm³/mol. The molecular formula is C24H35N3O11. The number of carboxylic acid groups (broad SMARTS) is 5. The molecule has 0 spiro atoms. The highest BCUT2D eigenvalue weighted by atomic mass is 16.5. The van der Waals surface area contributed by atoms with Crippen LogP contribution in [0, 0.1) is 5.92 Å². The van der Waals surface area contributed by atoms with E-state index in [-0.39, 0.29) is 58.9 Å². The molecule has 0 aliphatic heterocycles. The zero-order valence-corrected chi connectivity index (χ0v) is 21.0. The number of benzene rings is 1. The lowest BCUT2D eigenvalue weighted by molar-refractivity contribution is -0.147. The molecule has 1 atom stereocenters. The zero-order chi connectivity index (χ0) is 28.5. The van der Waals surface area contributed by atoms with Gasteiger partial charge in [-0.1, -0.05) is 30.3 Å². The Hall–Kier alpha value is -3.59. The smallest absolute Gasteiger partial charge is 0.317 e. The first-order chi connectivity index (χ1) is 18.0. The Kier molecular flexibility index (Phi) is 15.2. The van der Waals surface area contributed by atoms with E-state index in [0.29, 0.717) is 0 Å². The van der Waals surface area contributed by atoms with Crippen LogP contribution in [0.15, 0.2) is 30.3 Å². The molecule has 1 rings (SSSR count). The molecular weight excluding hydrogens is 506 g/mol.